The fraction of sp³-hybridized carbons (Fsp3) is 0.286. The highest BCUT2D eigenvalue weighted by Gasteiger charge is 2.29. The molecule has 1 nitrogen and oxygen atoms in total. The molecule has 0 amide bonds. The Bertz CT molecular complexity index is 502. The van der Waals surface area contributed by atoms with Crippen LogP contribution in [0.15, 0.2) is 41.8 Å². The van der Waals surface area contributed by atoms with Crippen molar-refractivity contribution in [1.29, 1.82) is 0 Å². The van der Waals surface area contributed by atoms with Crippen molar-refractivity contribution in [2.75, 3.05) is 0 Å². The van der Waals surface area contributed by atoms with Crippen LogP contribution in [-0.4, -0.2) is 0 Å². The maximum absolute atomic E-state index is 12.4. The second kappa shape index (κ2) is 5.75. The minimum Gasteiger partial charge on any atom is -0.305 e. The summed E-state index contributed by atoms with van der Waals surface area (Å²) in [5.41, 5.74) is 0.235. The maximum Gasteiger partial charge on any atom is 0.416 e. The molecule has 2 rings (SSSR count). The summed E-state index contributed by atoms with van der Waals surface area (Å²) in [5, 5.41) is 5.29. The van der Waals surface area contributed by atoms with Crippen LogP contribution in [0.25, 0.3) is 0 Å². The monoisotopic (exact) mass is 285 g/mol. The molecular formula is C14H14F3NS. The molecule has 0 aliphatic heterocycles. The summed E-state index contributed by atoms with van der Waals surface area (Å²) in [4.78, 5) is 1.21. The summed E-state index contributed by atoms with van der Waals surface area (Å²) in [5.74, 6) is 0. The van der Waals surface area contributed by atoms with Crippen LogP contribution in [0.5, 0.6) is 0 Å². The van der Waals surface area contributed by atoms with Gasteiger partial charge in [0.25, 0.3) is 0 Å². The summed E-state index contributed by atoms with van der Waals surface area (Å²) in [6.07, 6.45) is -4.27. The van der Waals surface area contributed by atoms with Crippen molar-refractivity contribution in [2.45, 2.75) is 25.7 Å². The van der Waals surface area contributed by atoms with Crippen LogP contribution in [0.3, 0.4) is 0 Å². The van der Waals surface area contributed by atoms with Crippen molar-refractivity contribution in [3.05, 3.63) is 57.8 Å². The molecule has 2 aromatic rings. The van der Waals surface area contributed by atoms with Gasteiger partial charge in [0.05, 0.1) is 5.56 Å². The van der Waals surface area contributed by atoms with Crippen LogP contribution in [0.4, 0.5) is 13.2 Å². The highest BCUT2D eigenvalue weighted by atomic mass is 32.1. The van der Waals surface area contributed by atoms with Gasteiger partial charge in [-0.1, -0.05) is 18.2 Å². The molecule has 0 saturated heterocycles. The molecule has 1 aromatic carbocycles. The molecule has 0 aliphatic rings. The topological polar surface area (TPSA) is 12.0 Å². The molecule has 1 heterocycles. The first-order valence-corrected chi connectivity index (χ1v) is 6.77. The fourth-order valence-electron chi connectivity index (χ4n) is 1.72. The number of benzene rings is 1. The maximum atomic E-state index is 12.4. The lowest BCUT2D eigenvalue weighted by Crippen LogP contribution is -2.17. The third kappa shape index (κ3) is 3.81. The summed E-state index contributed by atoms with van der Waals surface area (Å²) < 4.78 is 37.2. The van der Waals surface area contributed by atoms with Crippen molar-refractivity contribution in [2.24, 2.45) is 0 Å². The van der Waals surface area contributed by atoms with Gasteiger partial charge >= 0.3 is 6.18 Å². The van der Waals surface area contributed by atoms with Gasteiger partial charge in [-0.2, -0.15) is 13.2 Å². The molecule has 0 spiro atoms. The zero-order valence-electron chi connectivity index (χ0n) is 10.4. The molecule has 0 fully saturated rings. The molecule has 0 aliphatic carbocycles. The van der Waals surface area contributed by atoms with Crippen LogP contribution in [0.2, 0.25) is 0 Å². The van der Waals surface area contributed by atoms with Crippen molar-refractivity contribution < 1.29 is 13.2 Å². The summed E-state index contributed by atoms with van der Waals surface area (Å²) in [7, 11) is 0. The first-order valence-electron chi connectivity index (χ1n) is 5.90. The number of thiophene rings is 1. The Morgan fingerprint density at radius 3 is 2.37 bits per heavy atom. The van der Waals surface area contributed by atoms with E-state index >= 15 is 0 Å². The Morgan fingerprint density at radius 2 is 1.84 bits per heavy atom. The van der Waals surface area contributed by atoms with Crippen molar-refractivity contribution >= 4 is 11.3 Å². The highest BCUT2D eigenvalue weighted by molar-refractivity contribution is 7.10. The lowest BCUT2D eigenvalue weighted by atomic mass is 10.1. The Kier molecular flexibility index (Phi) is 4.27. The molecule has 102 valence electrons. The zero-order valence-corrected chi connectivity index (χ0v) is 11.2. The molecule has 5 heteroatoms. The quantitative estimate of drug-likeness (QED) is 0.864. The Hall–Kier alpha value is -1.33. The van der Waals surface area contributed by atoms with E-state index in [1.807, 2.05) is 24.4 Å². The van der Waals surface area contributed by atoms with Gasteiger partial charge in [0.15, 0.2) is 0 Å². The van der Waals surface area contributed by atoms with E-state index < -0.39 is 11.7 Å². The van der Waals surface area contributed by atoms with E-state index in [1.165, 1.54) is 17.0 Å². The lowest BCUT2D eigenvalue weighted by Gasteiger charge is -2.13. The summed E-state index contributed by atoms with van der Waals surface area (Å²) >= 11 is 1.66. The van der Waals surface area contributed by atoms with Crippen LogP contribution >= 0.6 is 11.3 Å². The number of halogens is 3. The summed E-state index contributed by atoms with van der Waals surface area (Å²) in [6, 6.07) is 9.47. The third-order valence-corrected chi connectivity index (χ3v) is 3.92. The fourth-order valence-corrected chi connectivity index (χ4v) is 2.48. The minimum absolute atomic E-state index is 0.197. The number of rotatable bonds is 4. The third-order valence-electron chi connectivity index (χ3n) is 2.86. The average Bonchev–Trinajstić information content (AvgIpc) is 2.89. The molecule has 0 radical (unpaired) electrons. The van der Waals surface area contributed by atoms with Crippen molar-refractivity contribution in [3.63, 3.8) is 0 Å². The van der Waals surface area contributed by atoms with Gasteiger partial charge in [-0.05, 0) is 36.1 Å². The standard InChI is InChI=1S/C14H14F3NS/c1-10(13-3-2-8-19-13)18-9-11-4-6-12(7-5-11)14(15,16)17/h2-8,10,18H,9H2,1H3/t10-/m1/s1. The van der Waals surface area contributed by atoms with Gasteiger partial charge in [0, 0.05) is 17.5 Å². The first-order chi connectivity index (χ1) is 8.97. The Morgan fingerprint density at radius 1 is 1.16 bits per heavy atom. The van der Waals surface area contributed by atoms with E-state index in [9.17, 15) is 13.2 Å². The van der Waals surface area contributed by atoms with Crippen LogP contribution in [0.1, 0.15) is 29.0 Å². The van der Waals surface area contributed by atoms with Gasteiger partial charge < -0.3 is 5.32 Å². The van der Waals surface area contributed by atoms with Gasteiger partial charge in [0.2, 0.25) is 0 Å². The minimum atomic E-state index is -4.27. The summed E-state index contributed by atoms with van der Waals surface area (Å²) in [6.45, 7) is 2.59. The van der Waals surface area contributed by atoms with E-state index in [4.69, 9.17) is 0 Å². The normalized spacial score (nSPS) is 13.5. The largest absolute Gasteiger partial charge is 0.416 e. The Balaban J connectivity index is 1.93. The van der Waals surface area contributed by atoms with Crippen molar-refractivity contribution in [3.8, 4) is 0 Å². The predicted molar refractivity (Wildman–Crippen MR) is 71.0 cm³/mol. The van der Waals surface area contributed by atoms with Gasteiger partial charge in [0.1, 0.15) is 0 Å². The van der Waals surface area contributed by atoms with E-state index in [1.54, 1.807) is 11.3 Å². The van der Waals surface area contributed by atoms with Gasteiger partial charge in [-0.15, -0.1) is 11.3 Å². The van der Waals surface area contributed by atoms with E-state index in [-0.39, 0.29) is 6.04 Å². The van der Waals surface area contributed by atoms with E-state index in [2.05, 4.69) is 5.32 Å². The average molecular weight is 285 g/mol. The number of hydrogen-bond donors (Lipinski definition) is 1. The zero-order chi connectivity index (χ0) is 13.9. The van der Waals surface area contributed by atoms with Crippen LogP contribution in [-0.2, 0) is 12.7 Å². The van der Waals surface area contributed by atoms with Crippen molar-refractivity contribution in [1.82, 2.24) is 5.32 Å². The van der Waals surface area contributed by atoms with Gasteiger partial charge in [-0.3, -0.25) is 0 Å². The number of alkyl halides is 3. The first kappa shape index (κ1) is 14.1. The molecule has 19 heavy (non-hydrogen) atoms. The molecule has 1 atom stereocenters. The second-order valence-corrected chi connectivity index (χ2v) is 5.29. The molecule has 1 aromatic heterocycles. The van der Waals surface area contributed by atoms with Crippen LogP contribution in [0, 0.1) is 0 Å². The van der Waals surface area contributed by atoms with E-state index in [0.717, 1.165) is 17.7 Å². The highest BCUT2D eigenvalue weighted by Crippen LogP contribution is 2.29. The number of nitrogens with one attached hydrogen (secondary N) is 1. The second-order valence-electron chi connectivity index (χ2n) is 4.31. The lowest BCUT2D eigenvalue weighted by molar-refractivity contribution is -0.137. The molecule has 0 unspecified atom stereocenters. The van der Waals surface area contributed by atoms with E-state index in [0.29, 0.717) is 6.54 Å². The Labute approximate surface area is 114 Å². The molecule has 0 bridgehead atoms. The smallest absolute Gasteiger partial charge is 0.305 e. The molecule has 1 N–H and O–H groups in total. The SMILES string of the molecule is C[C@@H](NCc1ccc(C(F)(F)F)cc1)c1cccs1. The number of hydrogen-bond acceptors (Lipinski definition) is 2. The van der Waals surface area contributed by atoms with Crippen LogP contribution < -0.4 is 5.32 Å². The molecular weight excluding hydrogens is 271 g/mol. The predicted octanol–water partition coefficient (Wildman–Crippen LogP) is 4.62. The molecule has 0 saturated carbocycles. The van der Waals surface area contributed by atoms with Gasteiger partial charge in [-0.25, -0.2) is 0 Å².